The monoisotopic (exact) mass is 285 g/mol. The van der Waals surface area contributed by atoms with E-state index >= 15 is 0 Å². The van der Waals surface area contributed by atoms with Crippen molar-refractivity contribution in [3.8, 4) is 0 Å². The number of hydrogen-bond acceptors (Lipinski definition) is 0. The Balaban J connectivity index is 1.82. The van der Waals surface area contributed by atoms with Crippen molar-refractivity contribution >= 4 is 0 Å². The molecule has 0 spiro atoms. The van der Waals surface area contributed by atoms with Gasteiger partial charge in [0.25, 0.3) is 0 Å². The van der Waals surface area contributed by atoms with Crippen LogP contribution in [0.15, 0.2) is 30.3 Å². The molecule has 1 aliphatic carbocycles. The maximum Gasteiger partial charge on any atom is -0.00312 e. The Morgan fingerprint density at radius 2 is 1.52 bits per heavy atom. The summed E-state index contributed by atoms with van der Waals surface area (Å²) >= 11 is 0. The van der Waals surface area contributed by atoms with E-state index < -0.39 is 0 Å². The molecule has 1 aromatic rings. The fraction of sp³-hybridized carbons (Fsp3) is 0.667. The molecule has 0 nitrogen and oxygen atoms in total. The average molecular weight is 285 g/mol. The number of unbranched alkanes of at least 4 members (excludes halogenated alkanes) is 5. The average Bonchev–Trinajstić information content (AvgIpc) is 2.53. The summed E-state index contributed by atoms with van der Waals surface area (Å²) in [7, 11) is 0. The molecule has 1 radical (unpaired) electrons. The molecule has 1 fully saturated rings. The molecule has 0 heterocycles. The largest absolute Gasteiger partial charge is 0.0654 e. The smallest absolute Gasteiger partial charge is 0.00312 e. The first kappa shape index (κ1) is 16.6. The molecule has 1 aromatic carbocycles. The lowest BCUT2D eigenvalue weighted by Gasteiger charge is -2.37. The molecule has 1 saturated carbocycles. The molecule has 0 atom stereocenters. The van der Waals surface area contributed by atoms with Gasteiger partial charge in [0, 0.05) is 0 Å². The zero-order valence-electron chi connectivity index (χ0n) is 13.9. The summed E-state index contributed by atoms with van der Waals surface area (Å²) in [6.07, 6.45) is 19.7. The maximum atomic E-state index is 2.61. The molecule has 2 rings (SSSR count). The number of rotatable bonds is 9. The van der Waals surface area contributed by atoms with E-state index in [4.69, 9.17) is 0 Å². The minimum absolute atomic E-state index is 0.504. The lowest BCUT2D eigenvalue weighted by Crippen LogP contribution is -2.25. The third-order valence-corrected chi connectivity index (χ3v) is 5.15. The summed E-state index contributed by atoms with van der Waals surface area (Å²) in [6.45, 7) is 2.30. The second-order valence-electron chi connectivity index (χ2n) is 7.00. The van der Waals surface area contributed by atoms with E-state index in [-0.39, 0.29) is 0 Å². The van der Waals surface area contributed by atoms with E-state index in [0.717, 1.165) is 0 Å². The van der Waals surface area contributed by atoms with E-state index in [2.05, 4.69) is 43.7 Å². The van der Waals surface area contributed by atoms with Crippen molar-refractivity contribution < 1.29 is 0 Å². The molecule has 117 valence electrons. The van der Waals surface area contributed by atoms with Crippen molar-refractivity contribution in [2.24, 2.45) is 5.41 Å². The molecular weight excluding hydrogens is 252 g/mol. The predicted molar refractivity (Wildman–Crippen MR) is 93.4 cm³/mol. The maximum absolute atomic E-state index is 2.61. The molecule has 0 unspecified atom stereocenters. The Kier molecular flexibility index (Phi) is 7.33. The second kappa shape index (κ2) is 9.28. The minimum atomic E-state index is 0.504. The quantitative estimate of drug-likeness (QED) is 0.431. The van der Waals surface area contributed by atoms with Crippen LogP contribution in [-0.2, 0) is 0 Å². The zero-order chi connectivity index (χ0) is 14.8. The highest BCUT2D eigenvalue weighted by molar-refractivity contribution is 5.26. The fourth-order valence-electron chi connectivity index (χ4n) is 3.88. The van der Waals surface area contributed by atoms with Crippen molar-refractivity contribution in [1.82, 2.24) is 0 Å². The van der Waals surface area contributed by atoms with Gasteiger partial charge in [-0.1, -0.05) is 95.0 Å². The Hall–Kier alpha value is -0.780. The highest BCUT2D eigenvalue weighted by atomic mass is 14.4. The van der Waals surface area contributed by atoms with E-state index in [0.29, 0.717) is 5.41 Å². The van der Waals surface area contributed by atoms with Gasteiger partial charge in [-0.2, -0.15) is 0 Å². The van der Waals surface area contributed by atoms with Crippen LogP contribution in [0, 0.1) is 11.8 Å². The summed E-state index contributed by atoms with van der Waals surface area (Å²) in [5, 5.41) is 0. The Morgan fingerprint density at radius 1 is 0.857 bits per heavy atom. The summed E-state index contributed by atoms with van der Waals surface area (Å²) in [6, 6.07) is 11.0. The molecule has 0 aromatic heterocycles. The Morgan fingerprint density at radius 3 is 2.24 bits per heavy atom. The molecule has 0 saturated heterocycles. The van der Waals surface area contributed by atoms with Gasteiger partial charge in [-0.25, -0.2) is 0 Å². The second-order valence-corrected chi connectivity index (χ2v) is 7.00. The first-order valence-electron chi connectivity index (χ1n) is 9.26. The molecule has 0 heteroatoms. The van der Waals surface area contributed by atoms with Crippen LogP contribution < -0.4 is 0 Å². The van der Waals surface area contributed by atoms with E-state index in [1.54, 1.807) is 0 Å². The highest BCUT2D eigenvalue weighted by Gasteiger charge is 2.31. The molecule has 1 aliphatic rings. The Labute approximate surface area is 132 Å². The first-order chi connectivity index (χ1) is 10.3. The normalized spacial score (nSPS) is 17.8. The number of benzene rings is 1. The van der Waals surface area contributed by atoms with Gasteiger partial charge in [0.2, 0.25) is 0 Å². The third-order valence-electron chi connectivity index (χ3n) is 5.15. The van der Waals surface area contributed by atoms with Crippen LogP contribution in [-0.4, -0.2) is 0 Å². The van der Waals surface area contributed by atoms with E-state index in [1.807, 2.05) is 0 Å². The van der Waals surface area contributed by atoms with Crippen LogP contribution >= 0.6 is 0 Å². The van der Waals surface area contributed by atoms with Gasteiger partial charge in [-0.15, -0.1) is 0 Å². The summed E-state index contributed by atoms with van der Waals surface area (Å²) in [4.78, 5) is 0. The van der Waals surface area contributed by atoms with Crippen LogP contribution in [0.25, 0.3) is 0 Å². The third kappa shape index (κ3) is 5.85. The van der Waals surface area contributed by atoms with Crippen LogP contribution in [0.1, 0.15) is 89.5 Å². The van der Waals surface area contributed by atoms with Crippen LogP contribution in [0.4, 0.5) is 0 Å². The molecule has 0 N–H and O–H groups in total. The van der Waals surface area contributed by atoms with Crippen molar-refractivity contribution in [3.63, 3.8) is 0 Å². The van der Waals surface area contributed by atoms with Crippen LogP contribution in [0.2, 0.25) is 0 Å². The molecule has 21 heavy (non-hydrogen) atoms. The fourth-order valence-corrected chi connectivity index (χ4v) is 3.88. The first-order valence-corrected chi connectivity index (χ1v) is 9.26. The Bertz CT molecular complexity index is 359. The van der Waals surface area contributed by atoms with Crippen LogP contribution in [0.5, 0.6) is 0 Å². The standard InChI is InChI=1S/C21H33/c1-2-3-4-5-6-11-16-21(17-12-8-13-18-21)19-20-14-9-7-10-15-20/h7,9-10,14-15,19H,2-6,8,11-13,16-18H2,1H3. The predicted octanol–water partition coefficient (Wildman–Crippen LogP) is 6.94. The summed E-state index contributed by atoms with van der Waals surface area (Å²) in [5.41, 5.74) is 1.94. The minimum Gasteiger partial charge on any atom is -0.0654 e. The topological polar surface area (TPSA) is 0 Å². The van der Waals surface area contributed by atoms with Gasteiger partial charge in [-0.05, 0) is 36.7 Å². The summed E-state index contributed by atoms with van der Waals surface area (Å²) in [5.74, 6) is 0. The van der Waals surface area contributed by atoms with Gasteiger partial charge in [0.05, 0.1) is 0 Å². The molecule has 0 bridgehead atoms. The zero-order valence-corrected chi connectivity index (χ0v) is 13.9. The van der Waals surface area contributed by atoms with E-state index in [1.165, 1.54) is 82.6 Å². The van der Waals surface area contributed by atoms with Crippen molar-refractivity contribution in [2.75, 3.05) is 0 Å². The van der Waals surface area contributed by atoms with Crippen molar-refractivity contribution in [1.29, 1.82) is 0 Å². The SMILES string of the molecule is CCCCCCCCC1([CH]c2ccccc2)CCCCC1. The van der Waals surface area contributed by atoms with Gasteiger partial charge in [0.15, 0.2) is 0 Å². The van der Waals surface area contributed by atoms with Crippen molar-refractivity contribution in [3.05, 3.63) is 42.3 Å². The lowest BCUT2D eigenvalue weighted by molar-refractivity contribution is 0.213. The van der Waals surface area contributed by atoms with Crippen molar-refractivity contribution in [2.45, 2.75) is 84.0 Å². The van der Waals surface area contributed by atoms with Gasteiger partial charge in [0.1, 0.15) is 0 Å². The van der Waals surface area contributed by atoms with Gasteiger partial charge >= 0.3 is 0 Å². The number of hydrogen-bond donors (Lipinski definition) is 0. The van der Waals surface area contributed by atoms with Gasteiger partial charge < -0.3 is 0 Å². The molecule has 0 amide bonds. The van der Waals surface area contributed by atoms with Gasteiger partial charge in [-0.3, -0.25) is 0 Å². The molecular formula is C21H33. The lowest BCUT2D eigenvalue weighted by atomic mass is 9.67. The molecule has 0 aliphatic heterocycles. The summed E-state index contributed by atoms with van der Waals surface area (Å²) < 4.78 is 0. The van der Waals surface area contributed by atoms with E-state index in [9.17, 15) is 0 Å². The van der Waals surface area contributed by atoms with Crippen LogP contribution in [0.3, 0.4) is 0 Å². The highest BCUT2D eigenvalue weighted by Crippen LogP contribution is 2.44.